The van der Waals surface area contributed by atoms with Gasteiger partial charge in [0.1, 0.15) is 6.17 Å². The summed E-state index contributed by atoms with van der Waals surface area (Å²) >= 11 is 0. The molecule has 254 valence electrons. The van der Waals surface area contributed by atoms with E-state index < -0.39 is 0 Å². The van der Waals surface area contributed by atoms with Gasteiger partial charge in [-0.05, 0) is 86.0 Å². The van der Waals surface area contributed by atoms with Gasteiger partial charge in [0.2, 0.25) is 0 Å². The molecule has 0 saturated carbocycles. The number of dihydropyridines is 1. The van der Waals surface area contributed by atoms with E-state index in [2.05, 4.69) is 174 Å². The van der Waals surface area contributed by atoms with Gasteiger partial charge in [-0.25, -0.2) is 0 Å². The van der Waals surface area contributed by atoms with Crippen molar-refractivity contribution in [1.82, 2.24) is 10.6 Å². The van der Waals surface area contributed by atoms with Crippen LogP contribution >= 0.6 is 0 Å². The Morgan fingerprint density at radius 2 is 1.25 bits per heavy atom. The Kier molecular flexibility index (Phi) is 9.74. The van der Waals surface area contributed by atoms with Gasteiger partial charge in [-0.2, -0.15) is 0 Å². The number of nitrogens with two attached hydrogens (primary N) is 1. The van der Waals surface area contributed by atoms with Crippen LogP contribution in [-0.4, -0.2) is 0 Å². The molecule has 6 aromatic rings. The quantitative estimate of drug-likeness (QED) is 0.109. The molecule has 1 heterocycles. The smallest absolute Gasteiger partial charge is 0.105 e. The lowest BCUT2D eigenvalue weighted by atomic mass is 9.92. The number of anilines is 1. The number of hydrogen-bond donors (Lipinski definition) is 4. The summed E-state index contributed by atoms with van der Waals surface area (Å²) in [6.07, 6.45) is 14.0. The molecule has 1 aliphatic heterocycles. The molecule has 52 heavy (non-hydrogen) atoms. The predicted molar refractivity (Wildman–Crippen MR) is 218 cm³/mol. The Bertz CT molecular complexity index is 2300. The summed E-state index contributed by atoms with van der Waals surface area (Å²) in [5.41, 5.74) is 18.3. The molecule has 0 amide bonds. The molecule has 2 aliphatic rings. The third kappa shape index (κ3) is 7.31. The highest BCUT2D eigenvalue weighted by molar-refractivity contribution is 5.99. The SMILES string of the molecule is NC(NC(Nc1ccccc1)c1cccc2cccc(C3=CCC=C(C4=CC(c5ccccc5)=CC(c5ccccc5)N4)C=C3)c12)c1ccccc1. The van der Waals surface area contributed by atoms with Gasteiger partial charge in [0, 0.05) is 11.4 Å². The predicted octanol–water partition coefficient (Wildman–Crippen LogP) is 10.8. The highest BCUT2D eigenvalue weighted by atomic mass is 15.2. The van der Waals surface area contributed by atoms with Crippen LogP contribution in [0.2, 0.25) is 0 Å². The van der Waals surface area contributed by atoms with Crippen molar-refractivity contribution in [3.8, 4) is 0 Å². The molecule has 3 unspecified atom stereocenters. The van der Waals surface area contributed by atoms with Gasteiger partial charge < -0.3 is 16.4 Å². The second-order valence-electron chi connectivity index (χ2n) is 13.2. The van der Waals surface area contributed by atoms with E-state index in [0.717, 1.165) is 28.9 Å². The molecule has 3 atom stereocenters. The monoisotopic (exact) mass is 674 g/mol. The fraction of sp³-hybridized carbons (Fsp3) is 0.0833. The van der Waals surface area contributed by atoms with Crippen molar-refractivity contribution in [1.29, 1.82) is 0 Å². The van der Waals surface area contributed by atoms with E-state index in [0.29, 0.717) is 0 Å². The van der Waals surface area contributed by atoms with Crippen LogP contribution in [0.5, 0.6) is 0 Å². The molecular weight excluding hydrogens is 633 g/mol. The Hall–Kier alpha value is -6.20. The maximum absolute atomic E-state index is 6.82. The van der Waals surface area contributed by atoms with Crippen LogP contribution in [-0.2, 0) is 0 Å². The molecule has 0 saturated heterocycles. The van der Waals surface area contributed by atoms with Gasteiger partial charge in [0.05, 0.1) is 12.2 Å². The van der Waals surface area contributed by atoms with Gasteiger partial charge in [-0.15, -0.1) is 0 Å². The summed E-state index contributed by atoms with van der Waals surface area (Å²) in [4.78, 5) is 0. The topological polar surface area (TPSA) is 62.1 Å². The van der Waals surface area contributed by atoms with Crippen molar-refractivity contribution in [3.05, 3.63) is 233 Å². The molecule has 4 heteroatoms. The van der Waals surface area contributed by atoms with E-state index in [-0.39, 0.29) is 18.4 Å². The fourth-order valence-corrected chi connectivity index (χ4v) is 7.18. The Balaban J connectivity index is 1.14. The molecule has 6 aromatic carbocycles. The minimum absolute atomic E-state index is 0.0609. The summed E-state index contributed by atoms with van der Waals surface area (Å²) in [5, 5.41) is 13.7. The maximum Gasteiger partial charge on any atom is 0.105 e. The standard InChI is InChI=1S/C48H42N4/c49-47(39-20-9-3-10-21-39)52-48(50-41-26-11-4-12-27-41)43-29-15-25-38-24-14-28-42(46(38)43)35-22-13-23-37(31-30-35)45-33-40(34-16-5-1-6-17-34)32-44(51-45)36-18-7-2-8-19-36/h1-12,14-33,44,47-48,50-52H,13,49H2. The van der Waals surface area contributed by atoms with Crippen LogP contribution < -0.4 is 21.7 Å². The van der Waals surface area contributed by atoms with Gasteiger partial charge in [-0.3, -0.25) is 5.32 Å². The number of benzene rings is 6. The van der Waals surface area contributed by atoms with E-state index in [1.807, 2.05) is 36.4 Å². The summed E-state index contributed by atoms with van der Waals surface area (Å²) in [5.74, 6) is 0. The van der Waals surface area contributed by atoms with Crippen molar-refractivity contribution >= 4 is 27.6 Å². The van der Waals surface area contributed by atoms with Gasteiger partial charge in [0.25, 0.3) is 0 Å². The van der Waals surface area contributed by atoms with E-state index in [4.69, 9.17) is 5.73 Å². The zero-order valence-corrected chi connectivity index (χ0v) is 29.0. The van der Waals surface area contributed by atoms with Gasteiger partial charge >= 0.3 is 0 Å². The first-order chi connectivity index (χ1) is 25.7. The van der Waals surface area contributed by atoms with Gasteiger partial charge in [0.15, 0.2) is 0 Å². The molecule has 8 rings (SSSR count). The zero-order chi connectivity index (χ0) is 35.1. The second kappa shape index (κ2) is 15.4. The lowest BCUT2D eigenvalue weighted by molar-refractivity contribution is 0.489. The first kappa shape index (κ1) is 33.0. The highest BCUT2D eigenvalue weighted by Crippen LogP contribution is 2.36. The molecule has 0 bridgehead atoms. The normalized spacial score (nSPS) is 16.8. The summed E-state index contributed by atoms with van der Waals surface area (Å²) in [7, 11) is 0. The van der Waals surface area contributed by atoms with Crippen LogP contribution in [0.1, 0.15) is 52.6 Å². The third-order valence-corrected chi connectivity index (χ3v) is 9.80. The third-order valence-electron chi connectivity index (χ3n) is 9.80. The minimum Gasteiger partial charge on any atom is -0.374 e. The molecule has 4 nitrogen and oxygen atoms in total. The molecule has 0 radical (unpaired) electrons. The van der Waals surface area contributed by atoms with Crippen LogP contribution in [0.25, 0.3) is 21.9 Å². The molecule has 0 spiro atoms. The second-order valence-corrected chi connectivity index (χ2v) is 13.2. The van der Waals surface area contributed by atoms with Crippen LogP contribution in [0, 0.1) is 0 Å². The molecule has 1 aliphatic carbocycles. The molecule has 0 aromatic heterocycles. The van der Waals surface area contributed by atoms with E-state index in [1.165, 1.54) is 44.2 Å². The number of rotatable bonds is 10. The number of nitrogens with one attached hydrogen (secondary N) is 3. The first-order valence-electron chi connectivity index (χ1n) is 18.0. The fourth-order valence-electron chi connectivity index (χ4n) is 7.18. The Morgan fingerprint density at radius 1 is 0.615 bits per heavy atom. The highest BCUT2D eigenvalue weighted by Gasteiger charge is 2.22. The summed E-state index contributed by atoms with van der Waals surface area (Å²) in [6, 6.07) is 55.0. The van der Waals surface area contributed by atoms with Gasteiger partial charge in [-0.1, -0.05) is 170 Å². The minimum atomic E-state index is -0.376. The molecular formula is C48H42N4. The maximum atomic E-state index is 6.82. The largest absolute Gasteiger partial charge is 0.374 e. The summed E-state index contributed by atoms with van der Waals surface area (Å²) in [6.45, 7) is 0. The number of allylic oxidation sites excluding steroid dienone is 7. The average Bonchev–Trinajstić information content (AvgIpc) is 3.48. The summed E-state index contributed by atoms with van der Waals surface area (Å²) < 4.78 is 0. The van der Waals surface area contributed by atoms with Crippen molar-refractivity contribution in [2.75, 3.05) is 5.32 Å². The lowest BCUT2D eigenvalue weighted by Gasteiger charge is -2.28. The van der Waals surface area contributed by atoms with E-state index in [1.54, 1.807) is 0 Å². The van der Waals surface area contributed by atoms with E-state index >= 15 is 0 Å². The number of hydrogen-bond acceptors (Lipinski definition) is 4. The van der Waals surface area contributed by atoms with Crippen LogP contribution in [0.4, 0.5) is 5.69 Å². The molecule has 5 N–H and O–H groups in total. The Morgan fingerprint density at radius 3 is 2.00 bits per heavy atom. The Labute approximate surface area is 306 Å². The van der Waals surface area contributed by atoms with Crippen LogP contribution in [0.15, 0.2) is 205 Å². The van der Waals surface area contributed by atoms with Crippen molar-refractivity contribution in [2.45, 2.75) is 24.8 Å². The van der Waals surface area contributed by atoms with E-state index in [9.17, 15) is 0 Å². The van der Waals surface area contributed by atoms with Crippen molar-refractivity contribution < 1.29 is 0 Å². The average molecular weight is 675 g/mol. The lowest BCUT2D eigenvalue weighted by Crippen LogP contribution is -2.36. The van der Waals surface area contributed by atoms with Crippen LogP contribution in [0.3, 0.4) is 0 Å². The zero-order valence-electron chi connectivity index (χ0n) is 29.0. The van der Waals surface area contributed by atoms with Crippen molar-refractivity contribution in [3.63, 3.8) is 0 Å². The van der Waals surface area contributed by atoms with Crippen molar-refractivity contribution in [2.24, 2.45) is 5.73 Å². The number of para-hydroxylation sites is 1. The number of fused-ring (bicyclic) bond motifs is 1. The molecule has 0 fully saturated rings. The first-order valence-corrected chi connectivity index (χ1v) is 18.0.